The second kappa shape index (κ2) is 7.39. The van der Waals surface area contributed by atoms with Crippen molar-refractivity contribution in [3.05, 3.63) is 0 Å². The SMILES string of the molecule is CN(C(=O)CC1CSCCN1)C1CCCCCC1. The van der Waals surface area contributed by atoms with Gasteiger partial charge in [0.2, 0.25) is 5.91 Å². The van der Waals surface area contributed by atoms with Crippen molar-refractivity contribution in [1.82, 2.24) is 10.2 Å². The molecule has 1 heterocycles. The zero-order chi connectivity index (χ0) is 12.8. The second-order valence-electron chi connectivity index (χ2n) is 5.58. The van der Waals surface area contributed by atoms with Crippen molar-refractivity contribution in [3.8, 4) is 0 Å². The average molecular weight is 270 g/mol. The first kappa shape index (κ1) is 14.2. The van der Waals surface area contributed by atoms with Crippen molar-refractivity contribution in [1.29, 1.82) is 0 Å². The molecule has 2 fully saturated rings. The van der Waals surface area contributed by atoms with Gasteiger partial charge < -0.3 is 10.2 Å². The molecule has 0 aromatic carbocycles. The number of nitrogens with zero attached hydrogens (tertiary/aromatic N) is 1. The number of rotatable bonds is 3. The van der Waals surface area contributed by atoms with Gasteiger partial charge in [-0.1, -0.05) is 25.7 Å². The van der Waals surface area contributed by atoms with Gasteiger partial charge in [-0.15, -0.1) is 0 Å². The van der Waals surface area contributed by atoms with Crippen LogP contribution in [-0.4, -0.2) is 48.0 Å². The Morgan fingerprint density at radius 1 is 1.28 bits per heavy atom. The molecule has 2 aliphatic rings. The third-order valence-corrected chi connectivity index (χ3v) is 5.32. The monoisotopic (exact) mass is 270 g/mol. The van der Waals surface area contributed by atoms with Crippen LogP contribution >= 0.6 is 11.8 Å². The van der Waals surface area contributed by atoms with Gasteiger partial charge in [0.15, 0.2) is 0 Å². The average Bonchev–Trinajstić information content (AvgIpc) is 2.68. The molecule has 4 heteroatoms. The van der Waals surface area contributed by atoms with Gasteiger partial charge >= 0.3 is 0 Å². The highest BCUT2D eigenvalue weighted by molar-refractivity contribution is 7.99. The summed E-state index contributed by atoms with van der Waals surface area (Å²) in [7, 11) is 2.01. The van der Waals surface area contributed by atoms with Crippen LogP contribution in [-0.2, 0) is 4.79 Å². The summed E-state index contributed by atoms with van der Waals surface area (Å²) >= 11 is 1.96. The van der Waals surface area contributed by atoms with E-state index in [-0.39, 0.29) is 0 Å². The lowest BCUT2D eigenvalue weighted by Gasteiger charge is -2.30. The number of hydrogen-bond donors (Lipinski definition) is 1. The van der Waals surface area contributed by atoms with E-state index in [2.05, 4.69) is 5.32 Å². The van der Waals surface area contributed by atoms with E-state index >= 15 is 0 Å². The Hall–Kier alpha value is -0.220. The van der Waals surface area contributed by atoms with Crippen molar-refractivity contribution in [3.63, 3.8) is 0 Å². The molecule has 0 aromatic rings. The van der Waals surface area contributed by atoms with Crippen LogP contribution in [0.2, 0.25) is 0 Å². The molecule has 1 N–H and O–H groups in total. The summed E-state index contributed by atoms with van der Waals surface area (Å²) in [5.41, 5.74) is 0. The molecule has 1 aliphatic carbocycles. The van der Waals surface area contributed by atoms with E-state index in [0.29, 0.717) is 24.4 Å². The highest BCUT2D eigenvalue weighted by atomic mass is 32.2. The second-order valence-corrected chi connectivity index (χ2v) is 6.73. The fourth-order valence-electron chi connectivity index (χ4n) is 2.95. The van der Waals surface area contributed by atoms with Crippen LogP contribution in [0.25, 0.3) is 0 Å². The molecule has 3 nitrogen and oxygen atoms in total. The van der Waals surface area contributed by atoms with E-state index < -0.39 is 0 Å². The van der Waals surface area contributed by atoms with Gasteiger partial charge in [0.25, 0.3) is 0 Å². The first-order chi connectivity index (χ1) is 8.77. The van der Waals surface area contributed by atoms with Gasteiger partial charge in [-0.3, -0.25) is 4.79 Å². The lowest BCUT2D eigenvalue weighted by Crippen LogP contribution is -2.44. The summed E-state index contributed by atoms with van der Waals surface area (Å²) in [5.74, 6) is 2.61. The molecule has 1 amide bonds. The third-order valence-electron chi connectivity index (χ3n) is 4.19. The number of nitrogens with one attached hydrogen (secondary N) is 1. The summed E-state index contributed by atoms with van der Waals surface area (Å²) in [6, 6.07) is 0.890. The highest BCUT2D eigenvalue weighted by Crippen LogP contribution is 2.22. The smallest absolute Gasteiger partial charge is 0.224 e. The van der Waals surface area contributed by atoms with Crippen molar-refractivity contribution in [2.24, 2.45) is 0 Å². The molecule has 0 bridgehead atoms. The molecule has 1 saturated carbocycles. The molecule has 1 atom stereocenters. The standard InChI is InChI=1S/C14H26N2OS/c1-16(13-6-4-2-3-5-7-13)14(17)10-12-11-18-9-8-15-12/h12-13,15H,2-11H2,1H3. The van der Waals surface area contributed by atoms with E-state index in [0.717, 1.165) is 12.3 Å². The van der Waals surface area contributed by atoms with Gasteiger partial charge in [-0.2, -0.15) is 11.8 Å². The van der Waals surface area contributed by atoms with Crippen molar-refractivity contribution in [2.45, 2.75) is 57.0 Å². The van der Waals surface area contributed by atoms with Crippen LogP contribution in [0.3, 0.4) is 0 Å². The Labute approximate surface area is 115 Å². The minimum absolute atomic E-state index is 0.335. The maximum Gasteiger partial charge on any atom is 0.224 e. The van der Waals surface area contributed by atoms with E-state index in [1.807, 2.05) is 23.7 Å². The molecule has 0 spiro atoms. The van der Waals surface area contributed by atoms with Crippen LogP contribution in [0.15, 0.2) is 0 Å². The van der Waals surface area contributed by atoms with Crippen LogP contribution in [0.1, 0.15) is 44.9 Å². The van der Waals surface area contributed by atoms with Gasteiger partial charge in [-0.05, 0) is 12.8 Å². The van der Waals surface area contributed by atoms with Crippen molar-refractivity contribution < 1.29 is 4.79 Å². The number of amides is 1. The largest absolute Gasteiger partial charge is 0.343 e. The summed E-state index contributed by atoms with van der Waals surface area (Å²) in [6.45, 7) is 1.05. The fourth-order valence-corrected chi connectivity index (χ4v) is 3.90. The zero-order valence-corrected chi connectivity index (χ0v) is 12.3. The molecule has 0 radical (unpaired) electrons. The van der Waals surface area contributed by atoms with Crippen LogP contribution in [0, 0.1) is 0 Å². The van der Waals surface area contributed by atoms with Crippen LogP contribution in [0.5, 0.6) is 0 Å². The quantitative estimate of drug-likeness (QED) is 0.799. The number of thioether (sulfide) groups is 1. The first-order valence-corrected chi connectivity index (χ1v) is 8.49. The molecule has 1 saturated heterocycles. The number of carbonyl (C=O) groups excluding carboxylic acids is 1. The summed E-state index contributed by atoms with van der Waals surface area (Å²) < 4.78 is 0. The van der Waals surface area contributed by atoms with Crippen molar-refractivity contribution >= 4 is 17.7 Å². The first-order valence-electron chi connectivity index (χ1n) is 7.34. The Morgan fingerprint density at radius 3 is 2.61 bits per heavy atom. The molecule has 104 valence electrons. The molecule has 1 unspecified atom stereocenters. The van der Waals surface area contributed by atoms with E-state index in [1.165, 1.54) is 44.3 Å². The van der Waals surface area contributed by atoms with Crippen LogP contribution in [0.4, 0.5) is 0 Å². The summed E-state index contributed by atoms with van der Waals surface area (Å²) in [4.78, 5) is 14.3. The molecular formula is C14H26N2OS. The Kier molecular flexibility index (Phi) is 5.83. The number of hydrogen-bond acceptors (Lipinski definition) is 3. The van der Waals surface area contributed by atoms with E-state index in [1.54, 1.807) is 0 Å². The lowest BCUT2D eigenvalue weighted by molar-refractivity contribution is -0.132. The van der Waals surface area contributed by atoms with Crippen molar-refractivity contribution in [2.75, 3.05) is 25.1 Å². The molecule has 0 aromatic heterocycles. The normalized spacial score (nSPS) is 26.6. The maximum atomic E-state index is 12.3. The molecular weight excluding hydrogens is 244 g/mol. The predicted molar refractivity (Wildman–Crippen MR) is 78.0 cm³/mol. The Morgan fingerprint density at radius 2 is 2.00 bits per heavy atom. The van der Waals surface area contributed by atoms with Gasteiger partial charge in [0, 0.05) is 43.6 Å². The van der Waals surface area contributed by atoms with E-state index in [4.69, 9.17) is 0 Å². The van der Waals surface area contributed by atoms with Crippen LogP contribution < -0.4 is 5.32 Å². The molecule has 2 rings (SSSR count). The molecule has 1 aliphatic heterocycles. The third kappa shape index (κ3) is 4.16. The lowest BCUT2D eigenvalue weighted by atomic mass is 10.1. The summed E-state index contributed by atoms with van der Waals surface area (Å²) in [6.07, 6.45) is 8.36. The highest BCUT2D eigenvalue weighted by Gasteiger charge is 2.24. The summed E-state index contributed by atoms with van der Waals surface area (Å²) in [5, 5.41) is 3.45. The van der Waals surface area contributed by atoms with Gasteiger partial charge in [0.05, 0.1) is 0 Å². The Balaban J connectivity index is 1.79. The molecule has 18 heavy (non-hydrogen) atoms. The zero-order valence-electron chi connectivity index (χ0n) is 11.5. The number of carbonyl (C=O) groups is 1. The minimum Gasteiger partial charge on any atom is -0.343 e. The van der Waals surface area contributed by atoms with E-state index in [9.17, 15) is 4.79 Å². The maximum absolute atomic E-state index is 12.3. The fraction of sp³-hybridized carbons (Fsp3) is 0.929. The minimum atomic E-state index is 0.335. The topological polar surface area (TPSA) is 32.3 Å². The predicted octanol–water partition coefficient (Wildman–Crippen LogP) is 2.26. The Bertz CT molecular complexity index is 259. The van der Waals surface area contributed by atoms with Gasteiger partial charge in [-0.25, -0.2) is 0 Å². The van der Waals surface area contributed by atoms with Gasteiger partial charge in [0.1, 0.15) is 0 Å².